The molecule has 0 bridgehead atoms. The first kappa shape index (κ1) is 13.0. The van der Waals surface area contributed by atoms with Crippen molar-refractivity contribution in [2.24, 2.45) is 0 Å². The molecule has 1 aromatic carbocycles. The SMILES string of the molecule is CCN(CCNC)c1ccc(C(C)C)cc1. The zero-order valence-corrected chi connectivity index (χ0v) is 11.0. The summed E-state index contributed by atoms with van der Waals surface area (Å²) >= 11 is 0. The van der Waals surface area contributed by atoms with E-state index in [0.29, 0.717) is 5.92 Å². The Kier molecular flexibility index (Phi) is 5.33. The van der Waals surface area contributed by atoms with Crippen molar-refractivity contribution in [1.82, 2.24) is 5.32 Å². The monoisotopic (exact) mass is 220 g/mol. The van der Waals surface area contributed by atoms with Crippen LogP contribution in [0.4, 0.5) is 5.69 Å². The maximum Gasteiger partial charge on any atom is 0.0366 e. The number of anilines is 1. The highest BCUT2D eigenvalue weighted by Gasteiger charge is 2.04. The molecular formula is C14H24N2. The minimum Gasteiger partial charge on any atom is -0.371 e. The van der Waals surface area contributed by atoms with Crippen molar-refractivity contribution < 1.29 is 0 Å². The van der Waals surface area contributed by atoms with Crippen molar-refractivity contribution in [3.8, 4) is 0 Å². The first-order valence-corrected chi connectivity index (χ1v) is 6.18. The molecule has 1 rings (SSSR count). The maximum atomic E-state index is 3.19. The van der Waals surface area contributed by atoms with E-state index in [1.807, 2.05) is 7.05 Å². The summed E-state index contributed by atoms with van der Waals surface area (Å²) in [5, 5.41) is 3.19. The molecular weight excluding hydrogens is 196 g/mol. The van der Waals surface area contributed by atoms with Crippen molar-refractivity contribution in [2.45, 2.75) is 26.7 Å². The average molecular weight is 220 g/mol. The smallest absolute Gasteiger partial charge is 0.0366 e. The third kappa shape index (κ3) is 3.53. The maximum absolute atomic E-state index is 3.19. The summed E-state index contributed by atoms with van der Waals surface area (Å²) < 4.78 is 0. The Morgan fingerprint density at radius 2 is 1.81 bits per heavy atom. The van der Waals surface area contributed by atoms with Gasteiger partial charge in [-0.2, -0.15) is 0 Å². The summed E-state index contributed by atoms with van der Waals surface area (Å²) in [6.45, 7) is 9.81. The zero-order chi connectivity index (χ0) is 12.0. The van der Waals surface area contributed by atoms with E-state index in [4.69, 9.17) is 0 Å². The van der Waals surface area contributed by atoms with Crippen molar-refractivity contribution in [2.75, 3.05) is 31.6 Å². The molecule has 0 unspecified atom stereocenters. The molecule has 1 N–H and O–H groups in total. The summed E-state index contributed by atoms with van der Waals surface area (Å²) in [6, 6.07) is 8.94. The van der Waals surface area contributed by atoms with E-state index in [1.54, 1.807) is 0 Å². The van der Waals surface area contributed by atoms with Gasteiger partial charge in [-0.3, -0.25) is 0 Å². The molecule has 0 fully saturated rings. The number of rotatable bonds is 6. The predicted octanol–water partition coefficient (Wildman–Crippen LogP) is 2.86. The second-order valence-electron chi connectivity index (χ2n) is 4.43. The van der Waals surface area contributed by atoms with E-state index in [-0.39, 0.29) is 0 Å². The van der Waals surface area contributed by atoms with Crippen LogP contribution in [0.3, 0.4) is 0 Å². The van der Waals surface area contributed by atoms with Gasteiger partial charge in [-0.05, 0) is 37.6 Å². The molecule has 0 radical (unpaired) electrons. The van der Waals surface area contributed by atoms with Crippen molar-refractivity contribution in [1.29, 1.82) is 0 Å². The van der Waals surface area contributed by atoms with Crippen LogP contribution in [0.1, 0.15) is 32.3 Å². The van der Waals surface area contributed by atoms with E-state index in [0.717, 1.165) is 19.6 Å². The van der Waals surface area contributed by atoms with Crippen LogP contribution in [0.15, 0.2) is 24.3 Å². The van der Waals surface area contributed by atoms with Crippen molar-refractivity contribution in [3.63, 3.8) is 0 Å². The van der Waals surface area contributed by atoms with E-state index < -0.39 is 0 Å². The molecule has 0 heterocycles. The van der Waals surface area contributed by atoms with Crippen LogP contribution in [-0.2, 0) is 0 Å². The third-order valence-electron chi connectivity index (χ3n) is 2.94. The van der Waals surface area contributed by atoms with Gasteiger partial charge in [-0.25, -0.2) is 0 Å². The van der Waals surface area contributed by atoms with Gasteiger partial charge in [0.1, 0.15) is 0 Å². The van der Waals surface area contributed by atoms with Gasteiger partial charge in [0.05, 0.1) is 0 Å². The normalized spacial score (nSPS) is 10.8. The topological polar surface area (TPSA) is 15.3 Å². The number of benzene rings is 1. The number of hydrogen-bond donors (Lipinski definition) is 1. The molecule has 0 aliphatic carbocycles. The summed E-state index contributed by atoms with van der Waals surface area (Å²) in [5.74, 6) is 0.612. The number of hydrogen-bond acceptors (Lipinski definition) is 2. The Morgan fingerprint density at radius 3 is 2.25 bits per heavy atom. The Balaban J connectivity index is 2.70. The lowest BCUT2D eigenvalue weighted by Gasteiger charge is -2.23. The van der Waals surface area contributed by atoms with Gasteiger partial charge in [0.2, 0.25) is 0 Å². The molecule has 0 spiro atoms. The van der Waals surface area contributed by atoms with Gasteiger partial charge in [-0.15, -0.1) is 0 Å². The highest BCUT2D eigenvalue weighted by molar-refractivity contribution is 5.47. The first-order chi connectivity index (χ1) is 7.69. The summed E-state index contributed by atoms with van der Waals surface area (Å²) in [4.78, 5) is 2.39. The summed E-state index contributed by atoms with van der Waals surface area (Å²) in [7, 11) is 2.00. The van der Waals surface area contributed by atoms with Crippen LogP contribution in [0.25, 0.3) is 0 Å². The number of likely N-dealkylation sites (N-methyl/N-ethyl adjacent to an activating group) is 2. The summed E-state index contributed by atoms with van der Waals surface area (Å²) in [5.41, 5.74) is 2.73. The van der Waals surface area contributed by atoms with Crippen molar-refractivity contribution >= 4 is 5.69 Å². The first-order valence-electron chi connectivity index (χ1n) is 6.18. The second kappa shape index (κ2) is 6.54. The zero-order valence-electron chi connectivity index (χ0n) is 11.0. The Hall–Kier alpha value is -1.02. The Bertz CT molecular complexity index is 290. The molecule has 0 aliphatic heterocycles. The quantitative estimate of drug-likeness (QED) is 0.793. The predicted molar refractivity (Wildman–Crippen MR) is 72.3 cm³/mol. The average Bonchev–Trinajstić information content (AvgIpc) is 2.30. The highest BCUT2D eigenvalue weighted by atomic mass is 15.1. The fourth-order valence-electron chi connectivity index (χ4n) is 1.79. The lowest BCUT2D eigenvalue weighted by molar-refractivity contribution is 0.736. The van der Waals surface area contributed by atoms with Gasteiger partial charge in [-0.1, -0.05) is 26.0 Å². The molecule has 90 valence electrons. The minimum absolute atomic E-state index is 0.612. The molecule has 0 aromatic heterocycles. The summed E-state index contributed by atoms with van der Waals surface area (Å²) in [6.07, 6.45) is 0. The minimum atomic E-state index is 0.612. The molecule has 0 atom stereocenters. The van der Waals surface area contributed by atoms with Crippen LogP contribution in [0.5, 0.6) is 0 Å². The fraction of sp³-hybridized carbons (Fsp3) is 0.571. The van der Waals surface area contributed by atoms with Gasteiger partial charge < -0.3 is 10.2 Å². The standard InChI is InChI=1S/C14H24N2/c1-5-16(11-10-15-4)14-8-6-13(7-9-14)12(2)3/h6-9,12,15H,5,10-11H2,1-4H3. The molecule has 16 heavy (non-hydrogen) atoms. The van der Waals surface area contributed by atoms with E-state index in [9.17, 15) is 0 Å². The fourth-order valence-corrected chi connectivity index (χ4v) is 1.79. The van der Waals surface area contributed by atoms with Gasteiger partial charge >= 0.3 is 0 Å². The molecule has 0 aliphatic rings. The molecule has 0 saturated carbocycles. The number of nitrogens with one attached hydrogen (secondary N) is 1. The van der Waals surface area contributed by atoms with Crippen molar-refractivity contribution in [3.05, 3.63) is 29.8 Å². The third-order valence-corrected chi connectivity index (χ3v) is 2.94. The van der Waals surface area contributed by atoms with E-state index in [2.05, 4.69) is 55.3 Å². The van der Waals surface area contributed by atoms with Crippen LogP contribution < -0.4 is 10.2 Å². The van der Waals surface area contributed by atoms with Crippen LogP contribution in [0, 0.1) is 0 Å². The number of nitrogens with zero attached hydrogens (tertiary/aromatic N) is 1. The van der Waals surface area contributed by atoms with Crippen LogP contribution in [0.2, 0.25) is 0 Å². The van der Waals surface area contributed by atoms with Gasteiger partial charge in [0.15, 0.2) is 0 Å². The second-order valence-corrected chi connectivity index (χ2v) is 4.43. The van der Waals surface area contributed by atoms with Crippen LogP contribution >= 0.6 is 0 Å². The van der Waals surface area contributed by atoms with Gasteiger partial charge in [0, 0.05) is 25.3 Å². The van der Waals surface area contributed by atoms with E-state index >= 15 is 0 Å². The Labute approximate surface area is 99.7 Å². The molecule has 0 saturated heterocycles. The van der Waals surface area contributed by atoms with Gasteiger partial charge in [0.25, 0.3) is 0 Å². The molecule has 0 amide bonds. The lowest BCUT2D eigenvalue weighted by atomic mass is 10.0. The molecule has 2 nitrogen and oxygen atoms in total. The van der Waals surface area contributed by atoms with E-state index in [1.165, 1.54) is 11.3 Å². The molecule has 1 aromatic rings. The molecule has 2 heteroatoms. The highest BCUT2D eigenvalue weighted by Crippen LogP contribution is 2.19. The largest absolute Gasteiger partial charge is 0.371 e. The van der Waals surface area contributed by atoms with Crippen LogP contribution in [-0.4, -0.2) is 26.7 Å². The lowest BCUT2D eigenvalue weighted by Crippen LogP contribution is -2.30. The Morgan fingerprint density at radius 1 is 1.19 bits per heavy atom.